The summed E-state index contributed by atoms with van der Waals surface area (Å²) in [6.07, 6.45) is 0. The van der Waals surface area contributed by atoms with Gasteiger partial charge < -0.3 is 4.74 Å². The van der Waals surface area contributed by atoms with E-state index in [0.717, 1.165) is 4.90 Å². The molecule has 0 radical (unpaired) electrons. The lowest BCUT2D eigenvalue weighted by atomic mass is 10.4. The zero-order valence-electron chi connectivity index (χ0n) is 9.15. The predicted molar refractivity (Wildman–Crippen MR) is 74.0 cm³/mol. The largest absolute Gasteiger partial charge is 0.465 e. The standard InChI is InChI=1S/C11H7Cl2NO2S2/c1-16-10(15)8-9(13)14-11(18-8)17-7-4-2-3-6(12)5-7/h2-5H,1H3. The minimum absolute atomic E-state index is 0.163. The summed E-state index contributed by atoms with van der Waals surface area (Å²) in [6.45, 7) is 0. The number of esters is 1. The summed E-state index contributed by atoms with van der Waals surface area (Å²) >= 11 is 14.4. The second-order valence-corrected chi connectivity index (χ2v) is 6.26. The molecule has 0 aliphatic heterocycles. The van der Waals surface area contributed by atoms with Crippen LogP contribution in [0.15, 0.2) is 33.5 Å². The highest BCUT2D eigenvalue weighted by atomic mass is 35.5. The van der Waals surface area contributed by atoms with Crippen LogP contribution in [0.25, 0.3) is 0 Å². The number of nitrogens with zero attached hydrogens (tertiary/aromatic N) is 1. The lowest BCUT2D eigenvalue weighted by molar-refractivity contribution is 0.0606. The fourth-order valence-corrected chi connectivity index (χ4v) is 3.79. The number of aromatic nitrogens is 1. The van der Waals surface area contributed by atoms with Crippen LogP contribution in [0.2, 0.25) is 10.2 Å². The number of ether oxygens (including phenoxy) is 1. The van der Waals surface area contributed by atoms with Crippen LogP contribution >= 0.6 is 46.3 Å². The monoisotopic (exact) mass is 319 g/mol. The lowest BCUT2D eigenvalue weighted by Gasteiger charge is -1.97. The van der Waals surface area contributed by atoms with Gasteiger partial charge in [0.2, 0.25) is 0 Å². The quantitative estimate of drug-likeness (QED) is 0.787. The SMILES string of the molecule is COC(=O)c1sc(Sc2cccc(Cl)c2)nc1Cl. The second kappa shape index (κ2) is 5.93. The van der Waals surface area contributed by atoms with E-state index in [1.807, 2.05) is 18.2 Å². The van der Waals surface area contributed by atoms with Crippen LogP contribution in [0.3, 0.4) is 0 Å². The van der Waals surface area contributed by atoms with E-state index in [9.17, 15) is 4.79 Å². The Bertz CT molecular complexity index is 586. The molecule has 18 heavy (non-hydrogen) atoms. The number of hydrogen-bond donors (Lipinski definition) is 0. The van der Waals surface area contributed by atoms with Gasteiger partial charge in [-0.1, -0.05) is 52.4 Å². The number of carbonyl (C=O) groups is 1. The van der Waals surface area contributed by atoms with E-state index in [-0.39, 0.29) is 5.15 Å². The molecule has 0 atom stereocenters. The molecular weight excluding hydrogens is 313 g/mol. The summed E-state index contributed by atoms with van der Waals surface area (Å²) in [4.78, 5) is 16.7. The Labute approximate surface area is 122 Å². The van der Waals surface area contributed by atoms with Crippen LogP contribution in [-0.2, 0) is 4.74 Å². The third-order valence-corrected chi connectivity index (χ3v) is 4.64. The van der Waals surface area contributed by atoms with E-state index in [4.69, 9.17) is 23.2 Å². The third kappa shape index (κ3) is 3.17. The maximum absolute atomic E-state index is 11.4. The normalized spacial score (nSPS) is 10.4. The van der Waals surface area contributed by atoms with Crippen molar-refractivity contribution >= 4 is 52.3 Å². The van der Waals surface area contributed by atoms with Gasteiger partial charge in [0.15, 0.2) is 14.4 Å². The first kappa shape index (κ1) is 13.7. The number of thiazole rings is 1. The average Bonchev–Trinajstić information content (AvgIpc) is 2.69. The van der Waals surface area contributed by atoms with Crippen molar-refractivity contribution in [1.29, 1.82) is 0 Å². The van der Waals surface area contributed by atoms with Gasteiger partial charge in [0, 0.05) is 9.92 Å². The molecule has 1 aromatic carbocycles. The number of benzene rings is 1. The number of rotatable bonds is 3. The van der Waals surface area contributed by atoms with Crippen LogP contribution < -0.4 is 0 Å². The first-order chi connectivity index (χ1) is 8.60. The van der Waals surface area contributed by atoms with E-state index in [1.165, 1.54) is 30.2 Å². The zero-order chi connectivity index (χ0) is 13.1. The molecule has 0 bridgehead atoms. The summed E-state index contributed by atoms with van der Waals surface area (Å²) in [5, 5.41) is 0.812. The van der Waals surface area contributed by atoms with E-state index in [2.05, 4.69) is 9.72 Å². The molecule has 3 nitrogen and oxygen atoms in total. The van der Waals surface area contributed by atoms with Crippen molar-refractivity contribution in [2.45, 2.75) is 9.24 Å². The Morgan fingerprint density at radius 1 is 1.44 bits per heavy atom. The van der Waals surface area contributed by atoms with Gasteiger partial charge in [0.05, 0.1) is 7.11 Å². The molecular formula is C11H7Cl2NO2S2. The minimum atomic E-state index is -0.476. The Morgan fingerprint density at radius 3 is 2.89 bits per heavy atom. The van der Waals surface area contributed by atoms with Crippen molar-refractivity contribution in [2.24, 2.45) is 0 Å². The first-order valence-electron chi connectivity index (χ1n) is 4.78. The predicted octanol–water partition coefficient (Wildman–Crippen LogP) is 4.39. The molecule has 1 aromatic heterocycles. The lowest BCUT2D eigenvalue weighted by Crippen LogP contribution is -1.98. The van der Waals surface area contributed by atoms with Gasteiger partial charge in [-0.25, -0.2) is 9.78 Å². The van der Waals surface area contributed by atoms with E-state index < -0.39 is 5.97 Å². The number of halogens is 2. The summed E-state index contributed by atoms with van der Waals surface area (Å²) < 4.78 is 5.29. The van der Waals surface area contributed by atoms with Gasteiger partial charge in [-0.2, -0.15) is 0 Å². The first-order valence-corrected chi connectivity index (χ1v) is 7.17. The minimum Gasteiger partial charge on any atom is -0.465 e. The molecule has 94 valence electrons. The number of methoxy groups -OCH3 is 1. The highest BCUT2D eigenvalue weighted by molar-refractivity contribution is 8.01. The maximum Gasteiger partial charge on any atom is 0.351 e. The van der Waals surface area contributed by atoms with Gasteiger partial charge in [0.1, 0.15) is 0 Å². The van der Waals surface area contributed by atoms with Crippen LogP contribution in [-0.4, -0.2) is 18.1 Å². The van der Waals surface area contributed by atoms with Gasteiger partial charge >= 0.3 is 5.97 Å². The molecule has 0 aliphatic rings. The van der Waals surface area contributed by atoms with E-state index >= 15 is 0 Å². The van der Waals surface area contributed by atoms with E-state index in [0.29, 0.717) is 14.2 Å². The van der Waals surface area contributed by atoms with Gasteiger partial charge in [-0.15, -0.1) is 0 Å². The Kier molecular flexibility index (Phi) is 4.50. The number of carbonyl (C=O) groups excluding carboxylic acids is 1. The van der Waals surface area contributed by atoms with Crippen molar-refractivity contribution in [1.82, 2.24) is 4.98 Å². The second-order valence-electron chi connectivity index (χ2n) is 3.15. The van der Waals surface area contributed by atoms with E-state index in [1.54, 1.807) is 6.07 Å². The fraction of sp³-hybridized carbons (Fsp3) is 0.0909. The molecule has 1 heterocycles. The van der Waals surface area contributed by atoms with Crippen molar-refractivity contribution in [3.05, 3.63) is 39.3 Å². The Hall–Kier alpha value is -0.750. The average molecular weight is 320 g/mol. The molecule has 0 N–H and O–H groups in total. The van der Waals surface area contributed by atoms with Crippen LogP contribution in [0.1, 0.15) is 9.67 Å². The van der Waals surface area contributed by atoms with Crippen LogP contribution in [0, 0.1) is 0 Å². The third-order valence-electron chi connectivity index (χ3n) is 1.94. The molecule has 2 aromatic rings. The van der Waals surface area contributed by atoms with Crippen molar-refractivity contribution in [3.8, 4) is 0 Å². The Balaban J connectivity index is 2.23. The molecule has 0 aliphatic carbocycles. The van der Waals surface area contributed by atoms with Gasteiger partial charge in [-0.05, 0) is 18.2 Å². The Morgan fingerprint density at radius 2 is 2.22 bits per heavy atom. The highest BCUT2D eigenvalue weighted by Gasteiger charge is 2.17. The topological polar surface area (TPSA) is 39.2 Å². The molecule has 0 fully saturated rings. The zero-order valence-corrected chi connectivity index (χ0v) is 12.3. The fourth-order valence-electron chi connectivity index (χ4n) is 1.18. The summed E-state index contributed by atoms with van der Waals surface area (Å²) in [6, 6.07) is 7.37. The van der Waals surface area contributed by atoms with Gasteiger partial charge in [-0.3, -0.25) is 0 Å². The van der Waals surface area contributed by atoms with Crippen LogP contribution in [0.4, 0.5) is 0 Å². The molecule has 0 spiro atoms. The summed E-state index contributed by atoms with van der Waals surface area (Å²) in [7, 11) is 1.31. The maximum atomic E-state index is 11.4. The molecule has 7 heteroatoms. The van der Waals surface area contributed by atoms with Crippen molar-refractivity contribution < 1.29 is 9.53 Å². The van der Waals surface area contributed by atoms with Gasteiger partial charge in [0.25, 0.3) is 0 Å². The molecule has 0 saturated carbocycles. The molecule has 0 amide bonds. The smallest absolute Gasteiger partial charge is 0.351 e. The van der Waals surface area contributed by atoms with Crippen molar-refractivity contribution in [3.63, 3.8) is 0 Å². The molecule has 0 unspecified atom stereocenters. The number of hydrogen-bond acceptors (Lipinski definition) is 5. The highest BCUT2D eigenvalue weighted by Crippen LogP contribution is 2.35. The molecule has 0 saturated heterocycles. The van der Waals surface area contributed by atoms with Crippen LogP contribution in [0.5, 0.6) is 0 Å². The van der Waals surface area contributed by atoms with Crippen molar-refractivity contribution in [2.75, 3.05) is 7.11 Å². The summed E-state index contributed by atoms with van der Waals surface area (Å²) in [5.74, 6) is -0.476. The molecule has 2 rings (SSSR count). The summed E-state index contributed by atoms with van der Waals surface area (Å²) in [5.41, 5.74) is 0.